The molecule has 0 amide bonds. The number of aromatic carboxylic acids is 4. The van der Waals surface area contributed by atoms with Crippen LogP contribution in [0.5, 0.6) is 0 Å². The van der Waals surface area contributed by atoms with Gasteiger partial charge < -0.3 is 39.6 Å². The second kappa shape index (κ2) is 8.61. The molecule has 8 nitrogen and oxygen atoms in total. The van der Waals surface area contributed by atoms with Crippen LogP contribution in [0.1, 0.15) is 41.4 Å². The van der Waals surface area contributed by atoms with E-state index in [4.69, 9.17) is 0 Å². The monoisotopic (exact) mass is 346 g/mol. The second-order valence-corrected chi connectivity index (χ2v) is 4.29. The number of fused-ring (bicyclic) bond motifs is 1. The number of rotatable bonds is 4. The van der Waals surface area contributed by atoms with Crippen molar-refractivity contribution in [2.45, 2.75) is 0 Å². The SMILES string of the molecule is O=C([O-])c1cc(C(=O)[O-])c2cc(C(=O)[O-])cc(C(=O)[O-])c2c1.[Na+].[Na+]. The van der Waals surface area contributed by atoms with Gasteiger partial charge in [-0.05, 0) is 46.2 Å². The maximum absolute atomic E-state index is 11.1. The van der Waals surface area contributed by atoms with Gasteiger partial charge in [0.1, 0.15) is 0 Å². The van der Waals surface area contributed by atoms with Gasteiger partial charge in [-0.2, -0.15) is 0 Å². The van der Waals surface area contributed by atoms with Crippen molar-refractivity contribution < 1.29 is 98.7 Å². The molecule has 112 valence electrons. The number of carbonyl (C=O) groups excluding carboxylic acids is 4. The Morgan fingerprint density at radius 2 is 0.833 bits per heavy atom. The van der Waals surface area contributed by atoms with Crippen molar-refractivity contribution in [3.8, 4) is 0 Å². The molecule has 10 heteroatoms. The molecule has 0 N–H and O–H groups in total. The van der Waals surface area contributed by atoms with Crippen LogP contribution in [0.3, 0.4) is 0 Å². The Bertz CT molecular complexity index is 788. The first kappa shape index (κ1) is 22.6. The summed E-state index contributed by atoms with van der Waals surface area (Å²) in [6, 6.07) is 3.07. The van der Waals surface area contributed by atoms with Gasteiger partial charge in [-0.15, -0.1) is 0 Å². The van der Waals surface area contributed by atoms with Crippen LogP contribution in [-0.2, 0) is 0 Å². The number of benzene rings is 2. The Hall–Kier alpha value is -1.42. The second-order valence-electron chi connectivity index (χ2n) is 4.29. The Kier molecular flexibility index (Phi) is 8.10. The van der Waals surface area contributed by atoms with Crippen LogP contribution in [0, 0.1) is 0 Å². The van der Waals surface area contributed by atoms with Crippen LogP contribution in [0.25, 0.3) is 10.8 Å². The van der Waals surface area contributed by atoms with Crippen LogP contribution in [0.2, 0.25) is 0 Å². The third-order valence-electron chi connectivity index (χ3n) is 2.98. The van der Waals surface area contributed by atoms with Crippen LogP contribution in [0.15, 0.2) is 24.3 Å². The van der Waals surface area contributed by atoms with Gasteiger partial charge in [0.2, 0.25) is 0 Å². The van der Waals surface area contributed by atoms with Gasteiger partial charge in [0.25, 0.3) is 0 Å². The molecule has 2 aromatic rings. The summed E-state index contributed by atoms with van der Waals surface area (Å²) in [5.74, 6) is -7.10. The topological polar surface area (TPSA) is 161 Å². The summed E-state index contributed by atoms with van der Waals surface area (Å²) in [5, 5.41) is 43.3. The van der Waals surface area contributed by atoms with E-state index in [2.05, 4.69) is 0 Å². The molecule has 0 aromatic heterocycles. The summed E-state index contributed by atoms with van der Waals surface area (Å²) in [7, 11) is 0. The molecule has 2 rings (SSSR count). The summed E-state index contributed by atoms with van der Waals surface area (Å²) in [6.45, 7) is 0. The molecule has 0 saturated carbocycles. The van der Waals surface area contributed by atoms with E-state index in [1.54, 1.807) is 0 Å². The summed E-state index contributed by atoms with van der Waals surface area (Å²) >= 11 is 0. The Labute approximate surface area is 178 Å². The standard InChI is InChI=1S/C14H8O8.2Na/c15-11(16)5-1-7-8(10(3-5)14(21)22)2-6(12(17)18)4-9(7)13(19)20;;/h1-4H,(H,15,16)(H,17,18)(H,19,20)(H,21,22);;/q;2*+1/p-4. The molecule has 0 aliphatic rings. The average molecular weight is 346 g/mol. The van der Waals surface area contributed by atoms with Gasteiger partial charge in [0.05, 0.1) is 23.9 Å². The van der Waals surface area contributed by atoms with Gasteiger partial charge in [-0.25, -0.2) is 0 Å². The fourth-order valence-electron chi connectivity index (χ4n) is 2.04. The van der Waals surface area contributed by atoms with Gasteiger partial charge in [-0.3, -0.25) is 0 Å². The molecule has 0 aliphatic heterocycles. The number of carboxylic acid groups (broad SMARTS) is 4. The smallest absolute Gasteiger partial charge is 0.545 e. The molecular weight excluding hydrogens is 342 g/mol. The molecule has 2 aromatic carbocycles. The van der Waals surface area contributed by atoms with E-state index >= 15 is 0 Å². The van der Waals surface area contributed by atoms with E-state index in [9.17, 15) is 39.6 Å². The summed E-state index contributed by atoms with van der Waals surface area (Å²) in [5.41, 5.74) is -2.59. The fraction of sp³-hybridized carbons (Fsp3) is 0. The normalized spacial score (nSPS) is 9.50. The maximum Gasteiger partial charge on any atom is 1.00 e. The van der Waals surface area contributed by atoms with E-state index in [1.807, 2.05) is 0 Å². The average Bonchev–Trinajstić information content (AvgIpc) is 2.44. The minimum Gasteiger partial charge on any atom is -0.545 e. The van der Waals surface area contributed by atoms with Gasteiger partial charge in [0, 0.05) is 11.1 Å². The first-order valence-electron chi connectivity index (χ1n) is 5.69. The zero-order valence-electron chi connectivity index (χ0n) is 12.6. The third-order valence-corrected chi connectivity index (χ3v) is 2.98. The van der Waals surface area contributed by atoms with E-state index in [0.717, 1.165) is 12.1 Å². The zero-order chi connectivity index (χ0) is 16.6. The summed E-state index contributed by atoms with van der Waals surface area (Å²) < 4.78 is 0. The van der Waals surface area contributed by atoms with E-state index in [-0.39, 0.29) is 69.9 Å². The van der Waals surface area contributed by atoms with Crippen LogP contribution in [-0.4, -0.2) is 23.9 Å². The first-order valence-corrected chi connectivity index (χ1v) is 5.69. The van der Waals surface area contributed by atoms with Crippen LogP contribution >= 0.6 is 0 Å². The van der Waals surface area contributed by atoms with Crippen LogP contribution in [0.4, 0.5) is 0 Å². The van der Waals surface area contributed by atoms with Crippen molar-refractivity contribution in [2.75, 3.05) is 0 Å². The van der Waals surface area contributed by atoms with Gasteiger partial charge >= 0.3 is 59.1 Å². The summed E-state index contributed by atoms with van der Waals surface area (Å²) in [4.78, 5) is 44.0. The van der Waals surface area contributed by atoms with Gasteiger partial charge in [0.15, 0.2) is 0 Å². The predicted octanol–water partition coefficient (Wildman–Crippen LogP) is -9.70. The Morgan fingerprint density at radius 1 is 0.542 bits per heavy atom. The van der Waals surface area contributed by atoms with Crippen molar-refractivity contribution in [3.05, 3.63) is 46.5 Å². The minimum atomic E-state index is -1.81. The van der Waals surface area contributed by atoms with Crippen molar-refractivity contribution in [1.29, 1.82) is 0 Å². The number of carboxylic acids is 4. The molecule has 0 unspecified atom stereocenters. The predicted molar refractivity (Wildman–Crippen MR) is 61.3 cm³/mol. The van der Waals surface area contributed by atoms with Crippen molar-refractivity contribution in [2.24, 2.45) is 0 Å². The molecule has 24 heavy (non-hydrogen) atoms. The molecule has 0 radical (unpaired) electrons. The molecule has 0 fully saturated rings. The molecule has 0 saturated heterocycles. The molecule has 0 atom stereocenters. The van der Waals surface area contributed by atoms with E-state index in [0.29, 0.717) is 12.1 Å². The van der Waals surface area contributed by atoms with Crippen molar-refractivity contribution in [1.82, 2.24) is 0 Å². The van der Waals surface area contributed by atoms with Crippen molar-refractivity contribution in [3.63, 3.8) is 0 Å². The molecule has 0 aliphatic carbocycles. The quantitative estimate of drug-likeness (QED) is 0.493. The number of hydrogen-bond donors (Lipinski definition) is 0. The van der Waals surface area contributed by atoms with Gasteiger partial charge in [-0.1, -0.05) is 0 Å². The summed E-state index contributed by atoms with van der Waals surface area (Å²) in [6.07, 6.45) is 0. The molecule has 0 spiro atoms. The van der Waals surface area contributed by atoms with E-state index in [1.165, 1.54) is 0 Å². The minimum absolute atomic E-state index is 0. The van der Waals surface area contributed by atoms with Crippen LogP contribution < -0.4 is 79.5 Å². The largest absolute Gasteiger partial charge is 1.00 e. The molecular formula is C14H4Na2O8-2. The third kappa shape index (κ3) is 4.35. The Balaban J connectivity index is 0.00000264. The Morgan fingerprint density at radius 3 is 1.04 bits per heavy atom. The molecule has 0 bridgehead atoms. The van der Waals surface area contributed by atoms with E-state index < -0.39 is 46.1 Å². The maximum atomic E-state index is 11.1. The number of carbonyl (C=O) groups is 4. The first-order chi connectivity index (χ1) is 10.2. The zero-order valence-corrected chi connectivity index (χ0v) is 16.6. The fourth-order valence-corrected chi connectivity index (χ4v) is 2.04. The number of hydrogen-bond acceptors (Lipinski definition) is 8. The molecule has 0 heterocycles. The van der Waals surface area contributed by atoms with Crippen molar-refractivity contribution >= 4 is 34.6 Å².